The fourth-order valence-electron chi connectivity index (χ4n) is 2.59. The Hall–Kier alpha value is -1.33. The molecule has 0 saturated carbocycles. The Morgan fingerprint density at radius 1 is 1.45 bits per heavy atom. The maximum absolute atomic E-state index is 11.3. The fraction of sp³-hybridized carbons (Fsp3) is 0.667. The number of nitrogens with zero attached hydrogens (tertiary/aromatic N) is 1. The monoisotopic (exact) mass is 280 g/mol. The van der Waals surface area contributed by atoms with Crippen LogP contribution in [0.15, 0.2) is 16.5 Å². The molecule has 1 aliphatic heterocycles. The first-order valence-corrected chi connectivity index (χ1v) is 7.33. The zero-order valence-corrected chi connectivity index (χ0v) is 12.4. The van der Waals surface area contributed by atoms with Crippen LogP contribution in [0.25, 0.3) is 0 Å². The molecule has 0 bridgehead atoms. The molecule has 0 amide bonds. The number of nitrogens with one attached hydrogen (secondary N) is 1. The number of esters is 1. The van der Waals surface area contributed by atoms with Gasteiger partial charge in [-0.05, 0) is 57.1 Å². The summed E-state index contributed by atoms with van der Waals surface area (Å²) in [7, 11) is 1.35. The van der Waals surface area contributed by atoms with Crippen LogP contribution >= 0.6 is 0 Å². The van der Waals surface area contributed by atoms with Gasteiger partial charge in [-0.3, -0.25) is 0 Å². The van der Waals surface area contributed by atoms with Crippen LogP contribution < -0.4 is 5.32 Å². The predicted octanol–water partition coefficient (Wildman–Crippen LogP) is 1.89. The number of hydrogen-bond donors (Lipinski definition) is 1. The SMILES string of the molecule is CCN1CCC(CNCc2ccc(C(=O)OC)o2)CC1. The number of furan rings is 1. The van der Waals surface area contributed by atoms with Crippen molar-refractivity contribution in [3.05, 3.63) is 23.7 Å². The van der Waals surface area contributed by atoms with Gasteiger partial charge in [0, 0.05) is 0 Å². The van der Waals surface area contributed by atoms with E-state index in [-0.39, 0.29) is 5.76 Å². The second-order valence-electron chi connectivity index (χ2n) is 5.27. The quantitative estimate of drug-likeness (QED) is 0.806. The molecule has 1 aromatic heterocycles. The molecule has 0 aliphatic carbocycles. The van der Waals surface area contributed by atoms with Crippen molar-refractivity contribution in [2.24, 2.45) is 5.92 Å². The molecular formula is C15H24N2O3. The number of carbonyl (C=O) groups excluding carboxylic acids is 1. The van der Waals surface area contributed by atoms with Gasteiger partial charge in [-0.25, -0.2) is 4.79 Å². The standard InChI is InChI=1S/C15H24N2O3/c1-3-17-8-6-12(7-9-17)10-16-11-13-4-5-14(20-13)15(18)19-2/h4-5,12,16H,3,6-11H2,1-2H3. The van der Waals surface area contributed by atoms with Crippen LogP contribution in [0.3, 0.4) is 0 Å². The molecule has 2 rings (SSSR count). The maximum atomic E-state index is 11.3. The van der Waals surface area contributed by atoms with Gasteiger partial charge in [0.15, 0.2) is 0 Å². The van der Waals surface area contributed by atoms with E-state index in [9.17, 15) is 4.79 Å². The van der Waals surface area contributed by atoms with Gasteiger partial charge in [-0.1, -0.05) is 6.92 Å². The summed E-state index contributed by atoms with van der Waals surface area (Å²) in [6.45, 7) is 7.44. The normalized spacial score (nSPS) is 17.3. The Morgan fingerprint density at radius 2 is 2.20 bits per heavy atom. The van der Waals surface area contributed by atoms with Crippen LogP contribution in [-0.2, 0) is 11.3 Å². The lowest BCUT2D eigenvalue weighted by Crippen LogP contribution is -2.36. The van der Waals surface area contributed by atoms with E-state index in [4.69, 9.17) is 4.42 Å². The van der Waals surface area contributed by atoms with Crippen LogP contribution in [0.4, 0.5) is 0 Å². The number of rotatable bonds is 6. The molecule has 0 unspecified atom stereocenters. The molecule has 112 valence electrons. The Bertz CT molecular complexity index is 423. The van der Waals surface area contributed by atoms with Gasteiger partial charge in [0.25, 0.3) is 0 Å². The summed E-state index contributed by atoms with van der Waals surface area (Å²) in [6, 6.07) is 3.47. The zero-order chi connectivity index (χ0) is 14.4. The summed E-state index contributed by atoms with van der Waals surface area (Å²) in [5, 5.41) is 3.41. The van der Waals surface area contributed by atoms with Gasteiger partial charge in [0.05, 0.1) is 13.7 Å². The molecule has 1 aromatic rings. The lowest BCUT2D eigenvalue weighted by atomic mass is 9.97. The lowest BCUT2D eigenvalue weighted by Gasteiger charge is -2.31. The Balaban J connectivity index is 1.68. The van der Waals surface area contributed by atoms with E-state index < -0.39 is 5.97 Å². The Labute approximate surface area is 120 Å². The van der Waals surface area contributed by atoms with Crippen LogP contribution in [-0.4, -0.2) is 44.2 Å². The van der Waals surface area contributed by atoms with E-state index in [1.54, 1.807) is 6.07 Å². The Kier molecular flexibility index (Phi) is 5.61. The first-order chi connectivity index (χ1) is 9.72. The molecule has 1 fully saturated rings. The Morgan fingerprint density at radius 3 is 2.85 bits per heavy atom. The van der Waals surface area contributed by atoms with Gasteiger partial charge in [0.2, 0.25) is 5.76 Å². The molecule has 0 atom stereocenters. The van der Waals surface area contributed by atoms with Crippen molar-refractivity contribution in [3.8, 4) is 0 Å². The van der Waals surface area contributed by atoms with Crippen LogP contribution in [0, 0.1) is 5.92 Å². The first-order valence-electron chi connectivity index (χ1n) is 7.33. The zero-order valence-electron chi connectivity index (χ0n) is 12.4. The molecule has 5 nitrogen and oxygen atoms in total. The summed E-state index contributed by atoms with van der Waals surface area (Å²) in [5.41, 5.74) is 0. The van der Waals surface area contributed by atoms with E-state index in [2.05, 4.69) is 21.9 Å². The first kappa shape index (κ1) is 15.1. The lowest BCUT2D eigenvalue weighted by molar-refractivity contribution is 0.0563. The molecular weight excluding hydrogens is 256 g/mol. The number of carbonyl (C=O) groups is 1. The van der Waals surface area contributed by atoms with Crippen molar-refractivity contribution in [2.75, 3.05) is 33.3 Å². The van der Waals surface area contributed by atoms with Crippen LogP contribution in [0.2, 0.25) is 0 Å². The van der Waals surface area contributed by atoms with E-state index in [0.29, 0.717) is 6.54 Å². The van der Waals surface area contributed by atoms with Crippen molar-refractivity contribution in [2.45, 2.75) is 26.3 Å². The highest BCUT2D eigenvalue weighted by Gasteiger charge is 2.17. The van der Waals surface area contributed by atoms with Crippen LogP contribution in [0.1, 0.15) is 36.1 Å². The van der Waals surface area contributed by atoms with Crippen molar-refractivity contribution in [1.29, 1.82) is 0 Å². The van der Waals surface area contributed by atoms with Crippen LogP contribution in [0.5, 0.6) is 0 Å². The average Bonchev–Trinajstić information content (AvgIpc) is 2.96. The number of ether oxygens (including phenoxy) is 1. The summed E-state index contributed by atoms with van der Waals surface area (Å²) in [6.07, 6.45) is 2.51. The number of hydrogen-bond acceptors (Lipinski definition) is 5. The van der Waals surface area contributed by atoms with Gasteiger partial charge in [0.1, 0.15) is 5.76 Å². The molecule has 0 radical (unpaired) electrons. The number of methoxy groups -OCH3 is 1. The topological polar surface area (TPSA) is 54.7 Å². The summed E-state index contributed by atoms with van der Waals surface area (Å²) < 4.78 is 10.0. The second kappa shape index (κ2) is 7.45. The van der Waals surface area contributed by atoms with Crippen molar-refractivity contribution < 1.29 is 13.9 Å². The highest BCUT2D eigenvalue weighted by atomic mass is 16.5. The third-order valence-electron chi connectivity index (χ3n) is 3.93. The van der Waals surface area contributed by atoms with E-state index >= 15 is 0 Å². The third kappa shape index (κ3) is 4.08. The van der Waals surface area contributed by atoms with Gasteiger partial charge >= 0.3 is 5.97 Å². The minimum absolute atomic E-state index is 0.264. The number of piperidine rings is 1. The predicted molar refractivity (Wildman–Crippen MR) is 76.6 cm³/mol. The van der Waals surface area contributed by atoms with Gasteiger partial charge in [-0.2, -0.15) is 0 Å². The van der Waals surface area contributed by atoms with E-state index in [1.165, 1.54) is 33.0 Å². The molecule has 20 heavy (non-hydrogen) atoms. The van der Waals surface area contributed by atoms with Crippen molar-refractivity contribution >= 4 is 5.97 Å². The fourth-order valence-corrected chi connectivity index (χ4v) is 2.59. The minimum atomic E-state index is -0.428. The molecule has 2 heterocycles. The van der Waals surface area contributed by atoms with Crippen molar-refractivity contribution in [1.82, 2.24) is 10.2 Å². The largest absolute Gasteiger partial charge is 0.463 e. The smallest absolute Gasteiger partial charge is 0.373 e. The van der Waals surface area contributed by atoms with Gasteiger partial charge in [-0.15, -0.1) is 0 Å². The number of likely N-dealkylation sites (tertiary alicyclic amines) is 1. The average molecular weight is 280 g/mol. The summed E-state index contributed by atoms with van der Waals surface area (Å²) in [4.78, 5) is 13.8. The third-order valence-corrected chi connectivity index (χ3v) is 3.93. The van der Waals surface area contributed by atoms with Gasteiger partial charge < -0.3 is 19.4 Å². The second-order valence-corrected chi connectivity index (χ2v) is 5.27. The van der Waals surface area contributed by atoms with E-state index in [1.807, 2.05) is 6.07 Å². The highest BCUT2D eigenvalue weighted by Crippen LogP contribution is 2.16. The molecule has 1 aliphatic rings. The van der Waals surface area contributed by atoms with E-state index in [0.717, 1.165) is 24.8 Å². The molecule has 1 N–H and O–H groups in total. The summed E-state index contributed by atoms with van der Waals surface area (Å²) >= 11 is 0. The van der Waals surface area contributed by atoms with Crippen molar-refractivity contribution in [3.63, 3.8) is 0 Å². The molecule has 0 spiro atoms. The molecule has 0 aromatic carbocycles. The summed E-state index contributed by atoms with van der Waals surface area (Å²) in [5.74, 6) is 1.35. The maximum Gasteiger partial charge on any atom is 0.373 e. The molecule has 1 saturated heterocycles. The molecule has 5 heteroatoms. The highest BCUT2D eigenvalue weighted by molar-refractivity contribution is 5.86. The minimum Gasteiger partial charge on any atom is -0.463 e.